The van der Waals surface area contributed by atoms with Crippen LogP contribution >= 0.6 is 33.9 Å². The van der Waals surface area contributed by atoms with Gasteiger partial charge in [0, 0.05) is 15.8 Å². The molecule has 2 N–H and O–H groups in total. The Labute approximate surface area is 134 Å². The molecule has 3 aromatic rings. The second kappa shape index (κ2) is 5.92. The van der Waals surface area contributed by atoms with E-state index < -0.39 is 0 Å². The number of aromatic nitrogens is 2. The molecule has 0 saturated heterocycles. The first-order valence-corrected chi connectivity index (χ1v) is 8.24. The molecule has 0 aliphatic rings. The Bertz CT molecular complexity index is 741. The molecule has 102 valence electrons. The van der Waals surface area contributed by atoms with Gasteiger partial charge in [0.1, 0.15) is 10.6 Å². The van der Waals surface area contributed by atoms with Crippen LogP contribution in [0.5, 0.6) is 0 Å². The number of benzene rings is 1. The number of nitrogens with one attached hydrogen (secondary N) is 2. The summed E-state index contributed by atoms with van der Waals surface area (Å²) in [5.41, 5.74) is 1.03. The summed E-state index contributed by atoms with van der Waals surface area (Å²) in [6.45, 7) is 2.84. The molecule has 0 fully saturated rings. The molecule has 2 heterocycles. The number of anilines is 3. The fourth-order valence-electron chi connectivity index (χ4n) is 1.89. The highest BCUT2D eigenvalue weighted by molar-refractivity contribution is 14.1. The van der Waals surface area contributed by atoms with Gasteiger partial charge < -0.3 is 10.6 Å². The molecule has 0 radical (unpaired) electrons. The van der Waals surface area contributed by atoms with Gasteiger partial charge >= 0.3 is 0 Å². The summed E-state index contributed by atoms with van der Waals surface area (Å²) in [6, 6.07) is 10.3. The Hall–Kier alpha value is -1.41. The molecule has 0 spiro atoms. The van der Waals surface area contributed by atoms with Crippen molar-refractivity contribution in [1.82, 2.24) is 9.97 Å². The summed E-state index contributed by atoms with van der Waals surface area (Å²) in [6.07, 6.45) is 0. The zero-order valence-corrected chi connectivity index (χ0v) is 13.8. The molecule has 0 atom stereocenters. The summed E-state index contributed by atoms with van der Waals surface area (Å²) < 4.78 is 1.19. The van der Waals surface area contributed by atoms with Gasteiger partial charge in [0.2, 0.25) is 5.95 Å². The molecule has 0 saturated carbocycles. The van der Waals surface area contributed by atoms with Gasteiger partial charge in [0.05, 0.1) is 5.39 Å². The Morgan fingerprint density at radius 1 is 1.25 bits per heavy atom. The van der Waals surface area contributed by atoms with Crippen LogP contribution < -0.4 is 10.6 Å². The summed E-state index contributed by atoms with van der Waals surface area (Å²) in [4.78, 5) is 10.0. The molecule has 0 unspecified atom stereocenters. The van der Waals surface area contributed by atoms with Gasteiger partial charge in [-0.15, -0.1) is 11.3 Å². The lowest BCUT2D eigenvalue weighted by Crippen LogP contribution is -2.04. The first kappa shape index (κ1) is 13.6. The van der Waals surface area contributed by atoms with Crippen LogP contribution in [-0.2, 0) is 0 Å². The number of halogens is 1. The minimum atomic E-state index is 0.663. The predicted octanol–water partition coefficient (Wildman–Crippen LogP) is 4.47. The minimum Gasteiger partial charge on any atom is -0.354 e. The van der Waals surface area contributed by atoms with E-state index >= 15 is 0 Å². The average molecular weight is 396 g/mol. The Morgan fingerprint density at radius 2 is 2.15 bits per heavy atom. The van der Waals surface area contributed by atoms with E-state index in [1.165, 1.54) is 3.57 Å². The van der Waals surface area contributed by atoms with Crippen molar-refractivity contribution < 1.29 is 0 Å². The second-order valence-corrected chi connectivity index (χ2v) is 6.34. The highest BCUT2D eigenvalue weighted by Gasteiger charge is 2.09. The Kier molecular flexibility index (Phi) is 4.02. The van der Waals surface area contributed by atoms with E-state index in [9.17, 15) is 0 Å². The van der Waals surface area contributed by atoms with Crippen LogP contribution in [0, 0.1) is 3.57 Å². The summed E-state index contributed by atoms with van der Waals surface area (Å²) >= 11 is 3.92. The normalized spacial score (nSPS) is 10.7. The van der Waals surface area contributed by atoms with Crippen LogP contribution in [0.3, 0.4) is 0 Å². The molecule has 0 aliphatic carbocycles. The fourth-order valence-corrected chi connectivity index (χ4v) is 3.20. The topological polar surface area (TPSA) is 49.8 Å². The van der Waals surface area contributed by atoms with E-state index in [2.05, 4.69) is 55.3 Å². The predicted molar refractivity (Wildman–Crippen MR) is 94.0 cm³/mol. The Morgan fingerprint density at radius 3 is 2.95 bits per heavy atom. The first-order valence-electron chi connectivity index (χ1n) is 6.28. The largest absolute Gasteiger partial charge is 0.354 e. The number of hydrogen-bond donors (Lipinski definition) is 2. The van der Waals surface area contributed by atoms with Crippen molar-refractivity contribution in [3.05, 3.63) is 39.3 Å². The molecule has 6 heteroatoms. The van der Waals surface area contributed by atoms with Gasteiger partial charge in [0.15, 0.2) is 0 Å². The van der Waals surface area contributed by atoms with E-state index in [1.807, 2.05) is 30.5 Å². The van der Waals surface area contributed by atoms with Crippen molar-refractivity contribution in [3.63, 3.8) is 0 Å². The lowest BCUT2D eigenvalue weighted by Gasteiger charge is -2.09. The van der Waals surface area contributed by atoms with E-state index in [0.29, 0.717) is 5.95 Å². The van der Waals surface area contributed by atoms with Crippen molar-refractivity contribution in [1.29, 1.82) is 0 Å². The van der Waals surface area contributed by atoms with E-state index in [1.54, 1.807) is 11.3 Å². The van der Waals surface area contributed by atoms with Crippen molar-refractivity contribution >= 4 is 61.6 Å². The molecule has 2 aromatic heterocycles. The number of fused-ring (bicyclic) bond motifs is 1. The molecular weight excluding hydrogens is 383 g/mol. The maximum atomic E-state index is 4.56. The zero-order chi connectivity index (χ0) is 13.9. The number of hydrogen-bond acceptors (Lipinski definition) is 5. The first-order chi connectivity index (χ1) is 9.76. The van der Waals surface area contributed by atoms with Crippen molar-refractivity contribution in [3.8, 4) is 0 Å². The average Bonchev–Trinajstić information content (AvgIpc) is 2.87. The molecular formula is C14H13IN4S. The smallest absolute Gasteiger partial charge is 0.226 e. The molecule has 0 bridgehead atoms. The fraction of sp³-hybridized carbons (Fsp3) is 0.143. The van der Waals surface area contributed by atoms with Crippen LogP contribution in [0.4, 0.5) is 17.5 Å². The SMILES string of the molecule is CCNc1nc(Nc2cccc(I)c2)c2ccsc2n1. The molecule has 20 heavy (non-hydrogen) atoms. The monoisotopic (exact) mass is 396 g/mol. The molecule has 1 aromatic carbocycles. The lowest BCUT2D eigenvalue weighted by atomic mass is 10.3. The van der Waals surface area contributed by atoms with Crippen molar-refractivity contribution in [2.24, 2.45) is 0 Å². The third kappa shape index (κ3) is 2.85. The zero-order valence-electron chi connectivity index (χ0n) is 10.9. The van der Waals surface area contributed by atoms with Crippen LogP contribution in [0.1, 0.15) is 6.92 Å². The number of thiophene rings is 1. The van der Waals surface area contributed by atoms with Crippen LogP contribution in [0.25, 0.3) is 10.2 Å². The number of rotatable bonds is 4. The maximum Gasteiger partial charge on any atom is 0.226 e. The third-order valence-electron chi connectivity index (χ3n) is 2.75. The van der Waals surface area contributed by atoms with Crippen LogP contribution in [0.15, 0.2) is 35.7 Å². The third-order valence-corrected chi connectivity index (χ3v) is 4.22. The van der Waals surface area contributed by atoms with E-state index in [0.717, 1.165) is 28.3 Å². The summed E-state index contributed by atoms with van der Waals surface area (Å²) in [5.74, 6) is 1.50. The van der Waals surface area contributed by atoms with Crippen molar-refractivity contribution in [2.75, 3.05) is 17.2 Å². The number of nitrogens with zero attached hydrogens (tertiary/aromatic N) is 2. The molecule has 0 aliphatic heterocycles. The Balaban J connectivity index is 2.02. The molecule has 0 amide bonds. The van der Waals surface area contributed by atoms with Gasteiger partial charge in [-0.1, -0.05) is 6.07 Å². The van der Waals surface area contributed by atoms with Gasteiger partial charge in [-0.2, -0.15) is 4.98 Å². The van der Waals surface area contributed by atoms with Gasteiger partial charge in [-0.3, -0.25) is 0 Å². The highest BCUT2D eigenvalue weighted by Crippen LogP contribution is 2.29. The van der Waals surface area contributed by atoms with Crippen LogP contribution in [0.2, 0.25) is 0 Å². The van der Waals surface area contributed by atoms with Gasteiger partial charge in [-0.05, 0) is 59.2 Å². The summed E-state index contributed by atoms with van der Waals surface area (Å²) in [7, 11) is 0. The highest BCUT2D eigenvalue weighted by atomic mass is 127. The second-order valence-electron chi connectivity index (χ2n) is 4.20. The van der Waals surface area contributed by atoms with Crippen LogP contribution in [-0.4, -0.2) is 16.5 Å². The van der Waals surface area contributed by atoms with E-state index in [-0.39, 0.29) is 0 Å². The quantitative estimate of drug-likeness (QED) is 0.639. The van der Waals surface area contributed by atoms with Crippen molar-refractivity contribution in [2.45, 2.75) is 6.92 Å². The van der Waals surface area contributed by atoms with Gasteiger partial charge in [0.25, 0.3) is 0 Å². The van der Waals surface area contributed by atoms with E-state index in [4.69, 9.17) is 0 Å². The maximum absolute atomic E-state index is 4.56. The lowest BCUT2D eigenvalue weighted by molar-refractivity contribution is 1.11. The summed E-state index contributed by atoms with van der Waals surface area (Å²) in [5, 5.41) is 9.64. The molecule has 3 rings (SSSR count). The standard InChI is InChI=1S/C14H13IN4S/c1-2-16-14-18-12(11-6-7-20-13(11)19-14)17-10-5-3-4-9(15)8-10/h3-8H,2H2,1H3,(H2,16,17,18,19). The minimum absolute atomic E-state index is 0.663. The molecule has 4 nitrogen and oxygen atoms in total. The van der Waals surface area contributed by atoms with Gasteiger partial charge in [-0.25, -0.2) is 4.98 Å².